The van der Waals surface area contributed by atoms with E-state index >= 15 is 0 Å². The second kappa shape index (κ2) is 6.58. The maximum Gasteiger partial charge on any atom is 0.225 e. The molecule has 0 aromatic rings. The molecule has 0 spiro atoms. The van der Waals surface area contributed by atoms with Gasteiger partial charge in [-0.15, -0.1) is 0 Å². The molecule has 0 N–H and O–H groups in total. The van der Waals surface area contributed by atoms with Crippen LogP contribution in [0.5, 0.6) is 0 Å². The highest BCUT2D eigenvalue weighted by molar-refractivity contribution is 5.79. The number of rotatable bonds is 3. The monoisotopic (exact) mass is 251 g/mol. The van der Waals surface area contributed by atoms with Crippen LogP contribution in [0, 0.1) is 17.8 Å². The van der Waals surface area contributed by atoms with Gasteiger partial charge in [-0.2, -0.15) is 0 Å². The summed E-state index contributed by atoms with van der Waals surface area (Å²) in [5, 5.41) is 0. The topological polar surface area (TPSA) is 20.3 Å². The Morgan fingerprint density at radius 1 is 1.06 bits per heavy atom. The van der Waals surface area contributed by atoms with Gasteiger partial charge in [0.1, 0.15) is 0 Å². The highest BCUT2D eigenvalue weighted by Gasteiger charge is 2.30. The van der Waals surface area contributed by atoms with E-state index in [-0.39, 0.29) is 0 Å². The van der Waals surface area contributed by atoms with Crippen molar-refractivity contribution in [3.05, 3.63) is 0 Å². The number of hydrogen-bond acceptors (Lipinski definition) is 1. The fourth-order valence-corrected chi connectivity index (χ4v) is 3.59. The van der Waals surface area contributed by atoms with Crippen molar-refractivity contribution in [2.75, 3.05) is 13.1 Å². The van der Waals surface area contributed by atoms with Crippen LogP contribution in [0.2, 0.25) is 0 Å². The Bertz CT molecular complexity index is 260. The average molecular weight is 251 g/mol. The Hall–Kier alpha value is -0.530. The predicted molar refractivity (Wildman–Crippen MR) is 75.3 cm³/mol. The molecule has 2 rings (SSSR count). The van der Waals surface area contributed by atoms with E-state index in [2.05, 4.69) is 18.7 Å². The summed E-state index contributed by atoms with van der Waals surface area (Å²) in [6.45, 7) is 6.59. The van der Waals surface area contributed by atoms with E-state index in [0.717, 1.165) is 37.8 Å². The van der Waals surface area contributed by atoms with Crippen LogP contribution in [-0.4, -0.2) is 23.9 Å². The zero-order chi connectivity index (χ0) is 13.0. The van der Waals surface area contributed by atoms with Gasteiger partial charge in [0.25, 0.3) is 0 Å². The zero-order valence-corrected chi connectivity index (χ0v) is 12.2. The molecule has 2 aliphatic rings. The van der Waals surface area contributed by atoms with Gasteiger partial charge >= 0.3 is 0 Å². The zero-order valence-electron chi connectivity index (χ0n) is 12.2. The van der Waals surface area contributed by atoms with Gasteiger partial charge in [-0.1, -0.05) is 26.7 Å². The van der Waals surface area contributed by atoms with Gasteiger partial charge in [0.2, 0.25) is 5.91 Å². The summed E-state index contributed by atoms with van der Waals surface area (Å²) in [5.41, 5.74) is 0. The average Bonchev–Trinajstić information content (AvgIpc) is 2.40. The summed E-state index contributed by atoms with van der Waals surface area (Å²) in [7, 11) is 0. The van der Waals surface area contributed by atoms with Crippen molar-refractivity contribution < 1.29 is 4.79 Å². The number of carbonyl (C=O) groups is 1. The van der Waals surface area contributed by atoms with Crippen molar-refractivity contribution in [1.82, 2.24) is 4.90 Å². The van der Waals surface area contributed by atoms with Crippen LogP contribution < -0.4 is 0 Å². The van der Waals surface area contributed by atoms with Gasteiger partial charge in [0.15, 0.2) is 0 Å². The van der Waals surface area contributed by atoms with Gasteiger partial charge < -0.3 is 4.90 Å². The van der Waals surface area contributed by atoms with Gasteiger partial charge in [0, 0.05) is 19.0 Å². The fourth-order valence-electron chi connectivity index (χ4n) is 3.59. The molecule has 0 bridgehead atoms. The molecule has 18 heavy (non-hydrogen) atoms. The molecule has 0 atom stereocenters. The van der Waals surface area contributed by atoms with Crippen LogP contribution in [0.4, 0.5) is 0 Å². The fraction of sp³-hybridized carbons (Fsp3) is 0.938. The molecular formula is C16H29NO. The molecule has 0 aromatic heterocycles. The second-order valence-corrected chi connectivity index (χ2v) is 6.51. The molecule has 1 aliphatic carbocycles. The Labute approximate surface area is 112 Å². The highest BCUT2D eigenvalue weighted by atomic mass is 16.2. The minimum atomic E-state index is 0.353. The van der Waals surface area contributed by atoms with Crippen LogP contribution in [0.15, 0.2) is 0 Å². The summed E-state index contributed by atoms with van der Waals surface area (Å²) < 4.78 is 0. The van der Waals surface area contributed by atoms with E-state index < -0.39 is 0 Å². The molecule has 1 aliphatic heterocycles. The van der Waals surface area contributed by atoms with Gasteiger partial charge in [-0.25, -0.2) is 0 Å². The first-order valence-electron chi connectivity index (χ1n) is 7.99. The molecule has 1 heterocycles. The van der Waals surface area contributed by atoms with Crippen molar-refractivity contribution >= 4 is 5.91 Å². The van der Waals surface area contributed by atoms with Crippen LogP contribution in [0.25, 0.3) is 0 Å². The third-order valence-corrected chi connectivity index (χ3v) is 4.99. The van der Waals surface area contributed by atoms with E-state index in [1.807, 2.05) is 0 Å². The number of amides is 1. The van der Waals surface area contributed by atoms with Crippen LogP contribution in [-0.2, 0) is 4.79 Å². The van der Waals surface area contributed by atoms with Crippen molar-refractivity contribution in [2.24, 2.45) is 17.8 Å². The Balaban J connectivity index is 1.77. The van der Waals surface area contributed by atoms with Crippen molar-refractivity contribution in [3.8, 4) is 0 Å². The number of piperidine rings is 1. The number of likely N-dealkylation sites (tertiary alicyclic amines) is 1. The van der Waals surface area contributed by atoms with Crippen molar-refractivity contribution in [1.29, 1.82) is 0 Å². The van der Waals surface area contributed by atoms with Gasteiger partial charge in [0.05, 0.1) is 0 Å². The van der Waals surface area contributed by atoms with Crippen molar-refractivity contribution in [3.63, 3.8) is 0 Å². The number of hydrogen-bond donors (Lipinski definition) is 0. The minimum absolute atomic E-state index is 0.353. The summed E-state index contributed by atoms with van der Waals surface area (Å²) in [4.78, 5) is 14.6. The predicted octanol–water partition coefficient (Wildman–Crippen LogP) is 3.85. The lowest BCUT2D eigenvalue weighted by molar-refractivity contribution is -0.138. The molecule has 104 valence electrons. The molecule has 1 saturated carbocycles. The van der Waals surface area contributed by atoms with Crippen LogP contribution >= 0.6 is 0 Å². The summed E-state index contributed by atoms with van der Waals surface area (Å²) >= 11 is 0. The molecule has 0 radical (unpaired) electrons. The van der Waals surface area contributed by atoms with Crippen molar-refractivity contribution in [2.45, 2.75) is 65.2 Å². The lowest BCUT2D eigenvalue weighted by Crippen LogP contribution is -2.42. The molecule has 2 fully saturated rings. The van der Waals surface area contributed by atoms with E-state index in [9.17, 15) is 4.79 Å². The quantitative estimate of drug-likeness (QED) is 0.746. The molecule has 2 heteroatoms. The SMILES string of the molecule is CCC[C@H]1CC[C@H](C(=O)N2CCC(C)CC2)CC1. The number of carbonyl (C=O) groups excluding carboxylic acids is 1. The Morgan fingerprint density at radius 2 is 1.67 bits per heavy atom. The normalized spacial score (nSPS) is 30.4. The van der Waals surface area contributed by atoms with Crippen LogP contribution in [0.1, 0.15) is 65.2 Å². The Morgan fingerprint density at radius 3 is 2.22 bits per heavy atom. The highest BCUT2D eigenvalue weighted by Crippen LogP contribution is 2.33. The molecule has 0 unspecified atom stereocenters. The third kappa shape index (κ3) is 3.49. The lowest BCUT2D eigenvalue weighted by Gasteiger charge is -2.35. The molecule has 1 saturated heterocycles. The maximum atomic E-state index is 12.5. The standard InChI is InChI=1S/C16H29NO/c1-3-4-14-5-7-15(8-6-14)16(18)17-11-9-13(2)10-12-17/h13-15H,3-12H2,1-2H3/t14-,15-. The van der Waals surface area contributed by atoms with E-state index in [4.69, 9.17) is 0 Å². The lowest BCUT2D eigenvalue weighted by atomic mass is 9.79. The van der Waals surface area contributed by atoms with E-state index in [1.54, 1.807) is 0 Å². The maximum absolute atomic E-state index is 12.5. The molecule has 1 amide bonds. The molecule has 0 aromatic carbocycles. The first-order chi connectivity index (χ1) is 8.70. The van der Waals surface area contributed by atoms with E-state index in [0.29, 0.717) is 11.8 Å². The Kier molecular flexibility index (Phi) is 5.08. The van der Waals surface area contributed by atoms with Gasteiger partial charge in [-0.3, -0.25) is 4.79 Å². The minimum Gasteiger partial charge on any atom is -0.342 e. The summed E-state index contributed by atoms with van der Waals surface area (Å²) in [6.07, 6.45) is 9.94. The largest absolute Gasteiger partial charge is 0.342 e. The first-order valence-corrected chi connectivity index (χ1v) is 7.99. The van der Waals surface area contributed by atoms with Crippen LogP contribution in [0.3, 0.4) is 0 Å². The first kappa shape index (κ1) is 13.9. The molecular weight excluding hydrogens is 222 g/mol. The summed E-state index contributed by atoms with van der Waals surface area (Å²) in [6, 6.07) is 0. The number of nitrogens with zero attached hydrogens (tertiary/aromatic N) is 1. The molecule has 2 nitrogen and oxygen atoms in total. The van der Waals surface area contributed by atoms with E-state index in [1.165, 1.54) is 38.5 Å². The summed E-state index contributed by atoms with van der Waals surface area (Å²) in [5.74, 6) is 2.54. The third-order valence-electron chi connectivity index (χ3n) is 4.99. The second-order valence-electron chi connectivity index (χ2n) is 6.51. The smallest absolute Gasteiger partial charge is 0.225 e. The van der Waals surface area contributed by atoms with Gasteiger partial charge in [-0.05, 0) is 50.4 Å².